The number of nitrogens with zero attached hydrogens (tertiary/aromatic N) is 2. The highest BCUT2D eigenvalue weighted by Gasteiger charge is 2.25. The molecule has 2 fully saturated rings. The van der Waals surface area contributed by atoms with E-state index in [-0.39, 0.29) is 24.1 Å². The summed E-state index contributed by atoms with van der Waals surface area (Å²) in [5.74, 6) is 0.404. The van der Waals surface area contributed by atoms with Gasteiger partial charge in [-0.15, -0.1) is 0 Å². The Morgan fingerprint density at radius 1 is 1.17 bits per heavy atom. The van der Waals surface area contributed by atoms with Gasteiger partial charge in [-0.05, 0) is 68.8 Å². The molecule has 1 N–H and O–H groups in total. The number of piperidine rings is 1. The molecular formula is C23H34FN3O2. The van der Waals surface area contributed by atoms with E-state index >= 15 is 0 Å². The van der Waals surface area contributed by atoms with Gasteiger partial charge in [-0.1, -0.05) is 19.1 Å². The zero-order chi connectivity index (χ0) is 20.6. The van der Waals surface area contributed by atoms with E-state index in [4.69, 9.17) is 0 Å². The smallest absolute Gasteiger partial charge is 0.226 e. The largest absolute Gasteiger partial charge is 0.355 e. The lowest BCUT2D eigenvalue weighted by Gasteiger charge is -2.32. The lowest BCUT2D eigenvalue weighted by atomic mass is 9.91. The molecule has 1 aromatic rings. The molecule has 0 bridgehead atoms. The van der Waals surface area contributed by atoms with Crippen molar-refractivity contribution in [3.8, 4) is 0 Å². The Hall–Kier alpha value is -1.95. The molecule has 3 rings (SSSR count). The lowest BCUT2D eigenvalue weighted by molar-refractivity contribution is -0.132. The number of halogens is 1. The number of likely N-dealkylation sites (tertiary alicyclic amines) is 2. The van der Waals surface area contributed by atoms with Crippen molar-refractivity contribution in [3.05, 3.63) is 35.6 Å². The summed E-state index contributed by atoms with van der Waals surface area (Å²) >= 11 is 0. The van der Waals surface area contributed by atoms with Crippen LogP contribution in [0, 0.1) is 11.7 Å². The number of amides is 2. The van der Waals surface area contributed by atoms with Gasteiger partial charge >= 0.3 is 0 Å². The Morgan fingerprint density at radius 3 is 2.69 bits per heavy atom. The molecule has 0 aliphatic carbocycles. The fourth-order valence-corrected chi connectivity index (χ4v) is 4.60. The number of hydrogen-bond donors (Lipinski definition) is 1. The average molecular weight is 404 g/mol. The minimum absolute atomic E-state index is 0.0591. The predicted octanol–water partition coefficient (Wildman–Crippen LogP) is 2.99. The third kappa shape index (κ3) is 6.53. The van der Waals surface area contributed by atoms with Crippen LogP contribution in [0.5, 0.6) is 0 Å². The fraction of sp³-hybridized carbons (Fsp3) is 0.652. The average Bonchev–Trinajstić information content (AvgIpc) is 3.18. The third-order valence-electron chi connectivity index (χ3n) is 6.43. The molecular weight excluding hydrogens is 369 g/mol. The van der Waals surface area contributed by atoms with Gasteiger partial charge < -0.3 is 10.2 Å². The van der Waals surface area contributed by atoms with Crippen molar-refractivity contribution < 1.29 is 14.0 Å². The van der Waals surface area contributed by atoms with Crippen LogP contribution in [0.4, 0.5) is 4.39 Å². The molecule has 1 atom stereocenters. The Bertz CT molecular complexity index is 688. The summed E-state index contributed by atoms with van der Waals surface area (Å²) in [6.45, 7) is 6.60. The Balaban J connectivity index is 1.32. The van der Waals surface area contributed by atoms with Gasteiger partial charge in [-0.3, -0.25) is 14.5 Å². The molecule has 2 saturated heterocycles. The van der Waals surface area contributed by atoms with Crippen LogP contribution < -0.4 is 5.32 Å². The van der Waals surface area contributed by atoms with E-state index < -0.39 is 0 Å². The van der Waals surface area contributed by atoms with Crippen LogP contribution in [0.25, 0.3) is 0 Å². The Labute approximate surface area is 173 Å². The molecule has 29 heavy (non-hydrogen) atoms. The molecule has 160 valence electrons. The van der Waals surface area contributed by atoms with E-state index in [1.54, 1.807) is 12.1 Å². The first-order valence-corrected chi connectivity index (χ1v) is 11.1. The maximum absolute atomic E-state index is 13.3. The van der Waals surface area contributed by atoms with E-state index in [1.807, 2.05) is 4.90 Å². The Morgan fingerprint density at radius 2 is 1.97 bits per heavy atom. The van der Waals surface area contributed by atoms with Crippen molar-refractivity contribution in [3.63, 3.8) is 0 Å². The van der Waals surface area contributed by atoms with Crippen LogP contribution in [0.15, 0.2) is 24.3 Å². The Kier molecular flexibility index (Phi) is 8.04. The summed E-state index contributed by atoms with van der Waals surface area (Å²) in [4.78, 5) is 29.0. The molecule has 2 amide bonds. The summed E-state index contributed by atoms with van der Waals surface area (Å²) in [7, 11) is 0. The lowest BCUT2D eigenvalue weighted by Crippen LogP contribution is -2.41. The van der Waals surface area contributed by atoms with E-state index in [2.05, 4.69) is 17.1 Å². The second-order valence-electron chi connectivity index (χ2n) is 8.40. The second-order valence-corrected chi connectivity index (χ2v) is 8.40. The topological polar surface area (TPSA) is 52.7 Å². The first-order valence-electron chi connectivity index (χ1n) is 11.1. The molecule has 2 heterocycles. The molecule has 0 spiro atoms. The zero-order valence-electron chi connectivity index (χ0n) is 17.5. The number of nitrogens with one attached hydrogen (secondary N) is 1. The van der Waals surface area contributed by atoms with Gasteiger partial charge in [-0.2, -0.15) is 0 Å². The van der Waals surface area contributed by atoms with Crippen LogP contribution in [-0.4, -0.2) is 60.4 Å². The predicted molar refractivity (Wildman–Crippen MR) is 112 cm³/mol. The fourth-order valence-electron chi connectivity index (χ4n) is 4.60. The molecule has 0 unspecified atom stereocenters. The van der Waals surface area contributed by atoms with Crippen molar-refractivity contribution >= 4 is 11.8 Å². The summed E-state index contributed by atoms with van der Waals surface area (Å²) < 4.78 is 13.3. The molecule has 6 heteroatoms. The van der Waals surface area contributed by atoms with E-state index in [9.17, 15) is 14.0 Å². The van der Waals surface area contributed by atoms with Gasteiger partial charge in [0, 0.05) is 32.1 Å². The van der Waals surface area contributed by atoms with Gasteiger partial charge in [0.2, 0.25) is 11.8 Å². The van der Waals surface area contributed by atoms with Gasteiger partial charge in [0.1, 0.15) is 5.82 Å². The molecule has 0 saturated carbocycles. The van der Waals surface area contributed by atoms with Crippen LogP contribution in [0.3, 0.4) is 0 Å². The van der Waals surface area contributed by atoms with Crippen LogP contribution in [0.1, 0.15) is 51.0 Å². The summed E-state index contributed by atoms with van der Waals surface area (Å²) in [6, 6.07) is 6.74. The monoisotopic (exact) mass is 403 g/mol. The second kappa shape index (κ2) is 10.7. The highest BCUT2D eigenvalue weighted by Crippen LogP contribution is 2.23. The number of hydrogen-bond acceptors (Lipinski definition) is 3. The molecule has 2 aliphatic rings. The van der Waals surface area contributed by atoms with Crippen molar-refractivity contribution in [1.29, 1.82) is 0 Å². The molecule has 0 aromatic heterocycles. The maximum atomic E-state index is 13.3. The van der Waals surface area contributed by atoms with Crippen LogP contribution in [-0.2, 0) is 16.0 Å². The highest BCUT2D eigenvalue weighted by molar-refractivity contribution is 5.79. The number of rotatable bonds is 8. The quantitative estimate of drug-likeness (QED) is 0.726. The summed E-state index contributed by atoms with van der Waals surface area (Å²) in [5, 5.41) is 3.11. The number of benzene rings is 1. The molecule has 1 aromatic carbocycles. The van der Waals surface area contributed by atoms with Crippen LogP contribution in [0.2, 0.25) is 0 Å². The SMILES string of the molecule is CCN1CCC[C@H]1CNC(=O)CCC1CCN(C(=O)Cc2cccc(F)c2)CC1. The minimum Gasteiger partial charge on any atom is -0.355 e. The standard InChI is InChI=1S/C23H34FN3O2/c1-2-26-12-4-7-21(26)17-25-22(28)9-8-18-10-13-27(14-11-18)23(29)16-19-5-3-6-20(24)15-19/h3,5-6,15,18,21H,2,4,7-14,16-17H2,1H3,(H,25,28)/t21-/m0/s1. The van der Waals surface area contributed by atoms with Crippen molar-refractivity contribution in [2.24, 2.45) is 5.92 Å². The van der Waals surface area contributed by atoms with Crippen LogP contribution >= 0.6 is 0 Å². The van der Waals surface area contributed by atoms with E-state index in [0.29, 0.717) is 18.4 Å². The van der Waals surface area contributed by atoms with Gasteiger partial charge in [0.05, 0.1) is 6.42 Å². The van der Waals surface area contributed by atoms with E-state index in [1.165, 1.54) is 25.0 Å². The normalized spacial score (nSPS) is 20.8. The molecule has 2 aliphatic heterocycles. The summed E-state index contributed by atoms with van der Waals surface area (Å²) in [6.07, 6.45) is 5.99. The van der Waals surface area contributed by atoms with Crippen molar-refractivity contribution in [2.75, 3.05) is 32.7 Å². The van der Waals surface area contributed by atoms with Gasteiger partial charge in [0.15, 0.2) is 0 Å². The van der Waals surface area contributed by atoms with E-state index in [0.717, 1.165) is 57.5 Å². The number of likely N-dealkylation sites (N-methyl/N-ethyl adjacent to an activating group) is 1. The molecule has 0 radical (unpaired) electrons. The first-order chi connectivity index (χ1) is 14.0. The summed E-state index contributed by atoms with van der Waals surface area (Å²) in [5.41, 5.74) is 0.720. The first kappa shape index (κ1) is 21.8. The minimum atomic E-state index is -0.303. The number of carbonyl (C=O) groups excluding carboxylic acids is 2. The third-order valence-corrected chi connectivity index (χ3v) is 6.43. The van der Waals surface area contributed by atoms with Gasteiger partial charge in [-0.25, -0.2) is 4.39 Å². The van der Waals surface area contributed by atoms with Crippen molar-refractivity contribution in [1.82, 2.24) is 15.1 Å². The zero-order valence-corrected chi connectivity index (χ0v) is 17.5. The van der Waals surface area contributed by atoms with Gasteiger partial charge in [0.25, 0.3) is 0 Å². The molecule has 5 nitrogen and oxygen atoms in total. The highest BCUT2D eigenvalue weighted by atomic mass is 19.1. The number of carbonyl (C=O) groups is 2. The maximum Gasteiger partial charge on any atom is 0.226 e. The van der Waals surface area contributed by atoms with Crippen molar-refractivity contribution in [2.45, 2.75) is 57.9 Å².